The molecule has 0 aliphatic carbocycles. The van der Waals surface area contributed by atoms with Crippen molar-refractivity contribution in [3.8, 4) is 5.75 Å². The van der Waals surface area contributed by atoms with Gasteiger partial charge in [0.05, 0.1) is 6.61 Å². The van der Waals surface area contributed by atoms with Crippen molar-refractivity contribution in [2.24, 2.45) is 0 Å². The van der Waals surface area contributed by atoms with E-state index in [1.165, 1.54) is 19.3 Å². The van der Waals surface area contributed by atoms with Crippen molar-refractivity contribution >= 4 is 11.6 Å². The van der Waals surface area contributed by atoms with Gasteiger partial charge >= 0.3 is 0 Å². The lowest BCUT2D eigenvalue weighted by Gasteiger charge is -2.04. The molecule has 0 aliphatic rings. The van der Waals surface area contributed by atoms with Gasteiger partial charge in [-0.1, -0.05) is 31.4 Å². The summed E-state index contributed by atoms with van der Waals surface area (Å²) in [6.45, 7) is 1.43. The van der Waals surface area contributed by atoms with E-state index in [1.807, 2.05) is 12.1 Å². The Kier molecular flexibility index (Phi) is 7.85. The molecular weight excluding hydrogens is 236 g/mol. The van der Waals surface area contributed by atoms with E-state index in [9.17, 15) is 0 Å². The summed E-state index contributed by atoms with van der Waals surface area (Å²) in [6.07, 6.45) is 5.92. The SMILES string of the molecule is Oc1ccc(COCCCCCCCCl)cc1. The molecule has 0 atom stereocenters. The molecule has 1 N–H and O–H groups in total. The zero-order valence-corrected chi connectivity index (χ0v) is 11.0. The number of ether oxygens (including phenoxy) is 1. The van der Waals surface area contributed by atoms with Crippen molar-refractivity contribution in [3.63, 3.8) is 0 Å². The summed E-state index contributed by atoms with van der Waals surface area (Å²) in [5.41, 5.74) is 1.10. The predicted octanol–water partition coefficient (Wildman–Crippen LogP) is 4.10. The van der Waals surface area contributed by atoms with Crippen LogP contribution in [0.5, 0.6) is 5.75 Å². The Morgan fingerprint density at radius 1 is 0.941 bits per heavy atom. The van der Waals surface area contributed by atoms with Gasteiger partial charge in [-0.25, -0.2) is 0 Å². The third-order valence-electron chi connectivity index (χ3n) is 2.63. The maximum atomic E-state index is 9.12. The van der Waals surface area contributed by atoms with Gasteiger partial charge in [0.25, 0.3) is 0 Å². The first-order valence-corrected chi connectivity index (χ1v) is 6.78. The molecule has 0 saturated carbocycles. The maximum Gasteiger partial charge on any atom is 0.115 e. The molecule has 1 aromatic rings. The van der Waals surface area contributed by atoms with E-state index in [-0.39, 0.29) is 0 Å². The topological polar surface area (TPSA) is 29.5 Å². The quantitative estimate of drug-likeness (QED) is 0.533. The highest BCUT2D eigenvalue weighted by Gasteiger charge is 1.94. The fourth-order valence-corrected chi connectivity index (χ4v) is 1.80. The molecule has 0 spiro atoms. The molecule has 17 heavy (non-hydrogen) atoms. The normalized spacial score (nSPS) is 10.6. The third-order valence-corrected chi connectivity index (χ3v) is 2.89. The van der Waals surface area contributed by atoms with Crippen molar-refractivity contribution in [3.05, 3.63) is 29.8 Å². The first kappa shape index (κ1) is 14.3. The Labute approximate surface area is 109 Å². The van der Waals surface area contributed by atoms with E-state index in [1.54, 1.807) is 12.1 Å². The number of hydrogen-bond acceptors (Lipinski definition) is 2. The summed E-state index contributed by atoms with van der Waals surface area (Å²) in [6, 6.07) is 7.14. The number of phenolic OH excluding ortho intramolecular Hbond substituents is 1. The van der Waals surface area contributed by atoms with Gasteiger partial charge in [0.15, 0.2) is 0 Å². The highest BCUT2D eigenvalue weighted by Crippen LogP contribution is 2.11. The molecule has 2 nitrogen and oxygen atoms in total. The molecule has 0 bridgehead atoms. The standard InChI is InChI=1S/C14H21ClO2/c15-10-4-2-1-3-5-11-17-12-13-6-8-14(16)9-7-13/h6-9,16H,1-5,10-12H2. The predicted molar refractivity (Wildman–Crippen MR) is 71.6 cm³/mol. The Morgan fingerprint density at radius 3 is 2.29 bits per heavy atom. The molecule has 0 fully saturated rings. The van der Waals surface area contributed by atoms with E-state index in [0.717, 1.165) is 30.9 Å². The molecular formula is C14H21ClO2. The minimum Gasteiger partial charge on any atom is -0.508 e. The van der Waals surface area contributed by atoms with E-state index in [0.29, 0.717) is 12.4 Å². The lowest BCUT2D eigenvalue weighted by molar-refractivity contribution is 0.116. The summed E-state index contributed by atoms with van der Waals surface area (Å²) in [4.78, 5) is 0. The smallest absolute Gasteiger partial charge is 0.115 e. The number of benzene rings is 1. The van der Waals surface area contributed by atoms with Crippen LogP contribution in [0.1, 0.15) is 37.7 Å². The summed E-state index contributed by atoms with van der Waals surface area (Å²) in [5.74, 6) is 1.07. The molecule has 0 heterocycles. The second kappa shape index (κ2) is 9.32. The Bertz CT molecular complexity index is 285. The molecule has 1 aromatic carbocycles. The lowest BCUT2D eigenvalue weighted by Crippen LogP contribution is -1.95. The fraction of sp³-hybridized carbons (Fsp3) is 0.571. The largest absolute Gasteiger partial charge is 0.508 e. The Hall–Kier alpha value is -0.730. The summed E-state index contributed by atoms with van der Waals surface area (Å²) in [7, 11) is 0. The van der Waals surface area contributed by atoms with Gasteiger partial charge in [0.2, 0.25) is 0 Å². The molecule has 1 rings (SSSR count). The highest BCUT2D eigenvalue weighted by molar-refractivity contribution is 6.17. The van der Waals surface area contributed by atoms with Crippen molar-refractivity contribution in [1.29, 1.82) is 0 Å². The van der Waals surface area contributed by atoms with E-state index in [4.69, 9.17) is 21.4 Å². The first-order valence-electron chi connectivity index (χ1n) is 6.24. The monoisotopic (exact) mass is 256 g/mol. The molecule has 0 aromatic heterocycles. The average Bonchev–Trinajstić information content (AvgIpc) is 2.35. The molecule has 96 valence electrons. The minimum absolute atomic E-state index is 0.299. The van der Waals surface area contributed by atoms with Crippen molar-refractivity contribution < 1.29 is 9.84 Å². The van der Waals surface area contributed by atoms with E-state index in [2.05, 4.69) is 0 Å². The van der Waals surface area contributed by atoms with Crippen LogP contribution in [0.3, 0.4) is 0 Å². The van der Waals surface area contributed by atoms with Crippen molar-refractivity contribution in [2.75, 3.05) is 12.5 Å². The van der Waals surface area contributed by atoms with Crippen LogP contribution in [0.2, 0.25) is 0 Å². The number of hydrogen-bond donors (Lipinski definition) is 1. The number of rotatable bonds is 9. The molecule has 3 heteroatoms. The number of phenols is 1. The summed E-state index contributed by atoms with van der Waals surface area (Å²) in [5, 5.41) is 9.12. The van der Waals surface area contributed by atoms with Crippen LogP contribution in [-0.2, 0) is 11.3 Å². The molecule has 0 radical (unpaired) electrons. The van der Waals surface area contributed by atoms with Gasteiger partial charge in [-0.15, -0.1) is 11.6 Å². The Balaban J connectivity index is 1.95. The van der Waals surface area contributed by atoms with E-state index < -0.39 is 0 Å². The number of aromatic hydroxyl groups is 1. The van der Waals surface area contributed by atoms with Crippen LogP contribution in [0.25, 0.3) is 0 Å². The lowest BCUT2D eigenvalue weighted by atomic mass is 10.2. The fourth-order valence-electron chi connectivity index (χ4n) is 1.61. The van der Waals surface area contributed by atoms with Gasteiger partial charge in [0, 0.05) is 12.5 Å². The summed E-state index contributed by atoms with van der Waals surface area (Å²) >= 11 is 5.60. The molecule has 0 amide bonds. The van der Waals surface area contributed by atoms with Crippen LogP contribution in [0.4, 0.5) is 0 Å². The maximum absolute atomic E-state index is 9.12. The molecule has 0 saturated heterocycles. The molecule has 0 aliphatic heterocycles. The van der Waals surface area contributed by atoms with Gasteiger partial charge in [0.1, 0.15) is 5.75 Å². The van der Waals surface area contributed by atoms with Gasteiger partial charge < -0.3 is 9.84 Å². The number of unbranched alkanes of at least 4 members (excludes halogenated alkanes) is 4. The number of halogens is 1. The second-order valence-electron chi connectivity index (χ2n) is 4.18. The molecule has 0 unspecified atom stereocenters. The van der Waals surface area contributed by atoms with Crippen LogP contribution < -0.4 is 0 Å². The van der Waals surface area contributed by atoms with Gasteiger partial charge in [-0.05, 0) is 30.5 Å². The second-order valence-corrected chi connectivity index (χ2v) is 4.55. The minimum atomic E-state index is 0.299. The van der Waals surface area contributed by atoms with Gasteiger partial charge in [-0.2, -0.15) is 0 Å². The first-order chi connectivity index (χ1) is 8.33. The number of alkyl halides is 1. The van der Waals surface area contributed by atoms with Crippen LogP contribution in [0, 0.1) is 0 Å². The van der Waals surface area contributed by atoms with Gasteiger partial charge in [-0.3, -0.25) is 0 Å². The van der Waals surface area contributed by atoms with Crippen LogP contribution in [-0.4, -0.2) is 17.6 Å². The highest BCUT2D eigenvalue weighted by atomic mass is 35.5. The Morgan fingerprint density at radius 2 is 1.59 bits per heavy atom. The van der Waals surface area contributed by atoms with E-state index >= 15 is 0 Å². The summed E-state index contributed by atoms with van der Waals surface area (Å²) < 4.78 is 5.56. The third kappa shape index (κ3) is 7.24. The van der Waals surface area contributed by atoms with Crippen molar-refractivity contribution in [2.45, 2.75) is 38.7 Å². The van der Waals surface area contributed by atoms with Crippen LogP contribution >= 0.6 is 11.6 Å². The zero-order chi connectivity index (χ0) is 12.3. The van der Waals surface area contributed by atoms with Crippen LogP contribution in [0.15, 0.2) is 24.3 Å². The van der Waals surface area contributed by atoms with Crippen molar-refractivity contribution in [1.82, 2.24) is 0 Å². The zero-order valence-electron chi connectivity index (χ0n) is 10.2. The average molecular weight is 257 g/mol.